The number of ketones is 1. The van der Waals surface area contributed by atoms with Crippen molar-refractivity contribution in [1.29, 1.82) is 0 Å². The van der Waals surface area contributed by atoms with E-state index in [2.05, 4.69) is 5.32 Å². The van der Waals surface area contributed by atoms with Crippen molar-refractivity contribution in [3.63, 3.8) is 0 Å². The second kappa shape index (κ2) is 4.05. The molecule has 70 valence electrons. The van der Waals surface area contributed by atoms with Gasteiger partial charge in [-0.3, -0.25) is 4.79 Å². The molecule has 3 nitrogen and oxygen atoms in total. The maximum Gasteiger partial charge on any atom is 0.162 e. The zero-order valence-electron chi connectivity index (χ0n) is 7.74. The van der Waals surface area contributed by atoms with Crippen LogP contribution in [0.1, 0.15) is 18.6 Å². The molecule has 0 amide bonds. The first-order valence-electron chi connectivity index (χ1n) is 4.11. The number of anilines is 1. The first kappa shape index (κ1) is 9.74. The molecule has 0 bridgehead atoms. The summed E-state index contributed by atoms with van der Waals surface area (Å²) < 4.78 is 0. The second-order valence-electron chi connectivity index (χ2n) is 2.89. The number of aliphatic hydroxyl groups excluding tert-OH is 1. The number of nitrogens with one attached hydrogen (secondary N) is 1. The van der Waals surface area contributed by atoms with Gasteiger partial charge in [-0.05, 0) is 24.6 Å². The third-order valence-electron chi connectivity index (χ3n) is 1.90. The molecule has 0 radical (unpaired) electrons. The fourth-order valence-corrected chi connectivity index (χ4v) is 1.07. The van der Waals surface area contributed by atoms with Crippen LogP contribution in [-0.4, -0.2) is 17.9 Å². The average molecular weight is 179 g/mol. The summed E-state index contributed by atoms with van der Waals surface area (Å²) in [5.74, 6) is -0.239. The van der Waals surface area contributed by atoms with E-state index in [1.807, 2.05) is 19.2 Å². The van der Waals surface area contributed by atoms with Crippen molar-refractivity contribution in [2.24, 2.45) is 0 Å². The van der Waals surface area contributed by atoms with E-state index in [1.165, 1.54) is 6.92 Å². The van der Waals surface area contributed by atoms with E-state index >= 15 is 0 Å². The first-order chi connectivity index (χ1) is 6.15. The van der Waals surface area contributed by atoms with Gasteiger partial charge in [-0.15, -0.1) is 0 Å². The van der Waals surface area contributed by atoms with Gasteiger partial charge in [-0.25, -0.2) is 0 Å². The number of aliphatic hydroxyl groups is 1. The smallest absolute Gasteiger partial charge is 0.162 e. The number of benzene rings is 1. The molecule has 0 saturated heterocycles. The lowest BCUT2D eigenvalue weighted by Gasteiger charge is -2.07. The Morgan fingerprint density at radius 2 is 1.92 bits per heavy atom. The fraction of sp³-hybridized carbons (Fsp3) is 0.300. The molecule has 0 saturated carbocycles. The van der Waals surface area contributed by atoms with Crippen LogP contribution in [0.15, 0.2) is 24.3 Å². The number of carbonyl (C=O) groups excluding carboxylic acids is 1. The minimum Gasteiger partial charge on any atom is -0.388 e. The number of hydrogen-bond acceptors (Lipinski definition) is 3. The van der Waals surface area contributed by atoms with Gasteiger partial charge >= 0.3 is 0 Å². The summed E-state index contributed by atoms with van der Waals surface area (Å²) in [6.07, 6.45) is -0.995. The van der Waals surface area contributed by atoms with Gasteiger partial charge in [0.25, 0.3) is 0 Å². The van der Waals surface area contributed by atoms with Gasteiger partial charge in [0.2, 0.25) is 0 Å². The molecule has 1 unspecified atom stereocenters. The average Bonchev–Trinajstić information content (AvgIpc) is 2.17. The maximum absolute atomic E-state index is 10.8. The van der Waals surface area contributed by atoms with Gasteiger partial charge in [0.1, 0.15) is 6.10 Å². The Morgan fingerprint density at radius 3 is 2.31 bits per heavy atom. The molecule has 1 aromatic carbocycles. The van der Waals surface area contributed by atoms with E-state index in [0.29, 0.717) is 5.56 Å². The van der Waals surface area contributed by atoms with Crippen LogP contribution in [0.4, 0.5) is 5.69 Å². The van der Waals surface area contributed by atoms with Crippen molar-refractivity contribution in [2.75, 3.05) is 12.4 Å². The standard InChI is InChI=1S/C10H13NO2/c1-7(12)10(13)8-3-5-9(11-2)6-4-8/h3-6,10-11,13H,1-2H3. The van der Waals surface area contributed by atoms with Crippen LogP contribution >= 0.6 is 0 Å². The summed E-state index contributed by atoms with van der Waals surface area (Å²) in [6, 6.07) is 7.11. The molecule has 0 aliphatic carbocycles. The van der Waals surface area contributed by atoms with Gasteiger partial charge in [0, 0.05) is 12.7 Å². The number of Topliss-reactive ketones (excluding diaryl/α,β-unsaturated/α-hetero) is 1. The van der Waals surface area contributed by atoms with Crippen LogP contribution < -0.4 is 5.32 Å². The molecule has 0 fully saturated rings. The van der Waals surface area contributed by atoms with Gasteiger partial charge < -0.3 is 10.4 Å². The van der Waals surface area contributed by atoms with E-state index in [-0.39, 0.29) is 5.78 Å². The van der Waals surface area contributed by atoms with E-state index in [1.54, 1.807) is 12.1 Å². The van der Waals surface area contributed by atoms with Crippen LogP contribution in [0.25, 0.3) is 0 Å². The number of rotatable bonds is 3. The SMILES string of the molecule is CNc1ccc(C(O)C(C)=O)cc1. The van der Waals surface area contributed by atoms with Crippen molar-refractivity contribution in [1.82, 2.24) is 0 Å². The fourth-order valence-electron chi connectivity index (χ4n) is 1.07. The predicted octanol–water partition coefficient (Wildman–Crippen LogP) is 1.35. The molecule has 3 heteroatoms. The van der Waals surface area contributed by atoms with Crippen LogP contribution in [0, 0.1) is 0 Å². The number of carbonyl (C=O) groups is 1. The highest BCUT2D eigenvalue weighted by Crippen LogP contribution is 2.16. The molecular formula is C10H13NO2. The van der Waals surface area contributed by atoms with E-state index in [4.69, 9.17) is 0 Å². The summed E-state index contributed by atoms with van der Waals surface area (Å²) >= 11 is 0. The van der Waals surface area contributed by atoms with Gasteiger partial charge in [0.15, 0.2) is 5.78 Å². The van der Waals surface area contributed by atoms with Gasteiger partial charge in [0.05, 0.1) is 0 Å². The van der Waals surface area contributed by atoms with Crippen molar-refractivity contribution >= 4 is 11.5 Å². The molecule has 1 aromatic rings. The van der Waals surface area contributed by atoms with Crippen LogP contribution in [-0.2, 0) is 4.79 Å². The highest BCUT2D eigenvalue weighted by molar-refractivity contribution is 5.81. The molecule has 13 heavy (non-hydrogen) atoms. The summed E-state index contributed by atoms with van der Waals surface area (Å²) in [6.45, 7) is 1.37. The van der Waals surface area contributed by atoms with Crippen molar-refractivity contribution in [3.8, 4) is 0 Å². The molecule has 2 N–H and O–H groups in total. The van der Waals surface area contributed by atoms with Crippen LogP contribution in [0.2, 0.25) is 0 Å². The topological polar surface area (TPSA) is 49.3 Å². The van der Waals surface area contributed by atoms with Crippen molar-refractivity contribution < 1.29 is 9.90 Å². The molecule has 1 rings (SSSR count). The van der Waals surface area contributed by atoms with Crippen molar-refractivity contribution in [3.05, 3.63) is 29.8 Å². The molecule has 0 aromatic heterocycles. The Morgan fingerprint density at radius 1 is 1.38 bits per heavy atom. The van der Waals surface area contributed by atoms with E-state index in [9.17, 15) is 9.90 Å². The highest BCUT2D eigenvalue weighted by Gasteiger charge is 2.11. The lowest BCUT2D eigenvalue weighted by molar-refractivity contribution is -0.125. The zero-order valence-corrected chi connectivity index (χ0v) is 7.74. The van der Waals surface area contributed by atoms with Crippen molar-refractivity contribution in [2.45, 2.75) is 13.0 Å². The molecule has 0 spiro atoms. The van der Waals surface area contributed by atoms with Gasteiger partial charge in [-0.1, -0.05) is 12.1 Å². The summed E-state index contributed by atoms with van der Waals surface area (Å²) in [7, 11) is 1.82. The van der Waals surface area contributed by atoms with Crippen LogP contribution in [0.3, 0.4) is 0 Å². The minimum absolute atomic E-state index is 0.239. The van der Waals surface area contributed by atoms with Gasteiger partial charge in [-0.2, -0.15) is 0 Å². The largest absolute Gasteiger partial charge is 0.388 e. The molecule has 0 heterocycles. The number of hydrogen-bond donors (Lipinski definition) is 2. The van der Waals surface area contributed by atoms with Crippen LogP contribution in [0.5, 0.6) is 0 Å². The predicted molar refractivity (Wildman–Crippen MR) is 51.6 cm³/mol. The third-order valence-corrected chi connectivity index (χ3v) is 1.90. The highest BCUT2D eigenvalue weighted by atomic mass is 16.3. The monoisotopic (exact) mass is 179 g/mol. The summed E-state index contributed by atoms with van der Waals surface area (Å²) in [5.41, 5.74) is 1.59. The molecule has 0 aliphatic heterocycles. The minimum atomic E-state index is -0.995. The lowest BCUT2D eigenvalue weighted by atomic mass is 10.1. The molecule has 1 atom stereocenters. The Kier molecular flexibility index (Phi) is 3.03. The Labute approximate surface area is 77.4 Å². The second-order valence-corrected chi connectivity index (χ2v) is 2.89. The summed E-state index contributed by atoms with van der Waals surface area (Å²) in [5, 5.41) is 12.3. The zero-order chi connectivity index (χ0) is 9.84. The Hall–Kier alpha value is -1.35. The third kappa shape index (κ3) is 2.29. The molecule has 0 aliphatic rings. The quantitative estimate of drug-likeness (QED) is 0.736. The normalized spacial score (nSPS) is 12.2. The van der Waals surface area contributed by atoms with E-state index in [0.717, 1.165) is 5.69 Å². The first-order valence-corrected chi connectivity index (χ1v) is 4.11. The lowest BCUT2D eigenvalue weighted by Crippen LogP contribution is -2.07. The van der Waals surface area contributed by atoms with E-state index < -0.39 is 6.10 Å². The maximum atomic E-state index is 10.8. The summed E-state index contributed by atoms with van der Waals surface area (Å²) in [4.78, 5) is 10.8. The molecular weight excluding hydrogens is 166 g/mol. The Balaban J connectivity index is 2.85. The Bertz CT molecular complexity index is 292.